The van der Waals surface area contributed by atoms with Gasteiger partial charge in [-0.3, -0.25) is 0 Å². The number of hydrogen-bond donors (Lipinski definition) is 1. The number of ether oxygens (including phenoxy) is 1. The smallest absolute Gasteiger partial charge is 0.127 e. The van der Waals surface area contributed by atoms with Crippen LogP contribution in [-0.4, -0.2) is 12.6 Å². The molecule has 1 N–H and O–H groups in total. The van der Waals surface area contributed by atoms with Crippen molar-refractivity contribution in [1.82, 2.24) is 5.48 Å². The van der Waals surface area contributed by atoms with Gasteiger partial charge in [-0.1, -0.05) is 12.1 Å². The molecule has 0 spiro atoms. The molecule has 0 radical (unpaired) electrons. The number of benzene rings is 2. The van der Waals surface area contributed by atoms with E-state index in [1.54, 1.807) is 12.1 Å². The van der Waals surface area contributed by atoms with E-state index < -0.39 is 0 Å². The van der Waals surface area contributed by atoms with Crippen LogP contribution in [0.4, 0.5) is 4.39 Å². The van der Waals surface area contributed by atoms with Gasteiger partial charge in [0.05, 0.1) is 6.61 Å². The summed E-state index contributed by atoms with van der Waals surface area (Å²) in [5, 5.41) is 0. The van der Waals surface area contributed by atoms with Crippen LogP contribution in [0.2, 0.25) is 0 Å². The lowest BCUT2D eigenvalue weighted by Gasteiger charge is -2.10. The van der Waals surface area contributed by atoms with Crippen molar-refractivity contribution in [2.24, 2.45) is 0 Å². The second-order valence-corrected chi connectivity index (χ2v) is 4.86. The molecule has 0 amide bonds. The van der Waals surface area contributed by atoms with Crippen LogP contribution in [-0.2, 0) is 11.3 Å². The molecular weight excluding hydrogens is 257 g/mol. The number of halogens is 1. The zero-order valence-corrected chi connectivity index (χ0v) is 11.0. The zero-order valence-electron chi connectivity index (χ0n) is 11.0. The molecular formula is C16H16FNO2. The topological polar surface area (TPSA) is 30.5 Å². The van der Waals surface area contributed by atoms with Crippen LogP contribution in [0, 0.1) is 5.82 Å². The van der Waals surface area contributed by atoms with Gasteiger partial charge in [0.15, 0.2) is 0 Å². The Morgan fingerprint density at radius 1 is 1.05 bits per heavy atom. The molecule has 1 aliphatic heterocycles. The van der Waals surface area contributed by atoms with Crippen LogP contribution in [0.15, 0.2) is 48.5 Å². The maximum atomic E-state index is 12.8. The third-order valence-corrected chi connectivity index (χ3v) is 3.27. The zero-order chi connectivity index (χ0) is 13.8. The summed E-state index contributed by atoms with van der Waals surface area (Å²) in [6, 6.07) is 14.3. The first kappa shape index (κ1) is 13.1. The summed E-state index contributed by atoms with van der Waals surface area (Å²) in [4.78, 5) is 5.14. The van der Waals surface area contributed by atoms with E-state index >= 15 is 0 Å². The summed E-state index contributed by atoms with van der Waals surface area (Å²) in [6.45, 7) is 0.774. The van der Waals surface area contributed by atoms with Gasteiger partial charge in [-0.2, -0.15) is 5.48 Å². The fraction of sp³-hybridized carbons (Fsp3) is 0.250. The first-order valence-corrected chi connectivity index (χ1v) is 6.69. The summed E-state index contributed by atoms with van der Waals surface area (Å²) in [5.41, 5.74) is 4.23. The van der Waals surface area contributed by atoms with Gasteiger partial charge < -0.3 is 9.57 Å². The summed E-state index contributed by atoms with van der Waals surface area (Å²) >= 11 is 0. The van der Waals surface area contributed by atoms with Crippen molar-refractivity contribution < 1.29 is 14.0 Å². The van der Waals surface area contributed by atoms with Gasteiger partial charge in [0.2, 0.25) is 0 Å². The third-order valence-electron chi connectivity index (χ3n) is 3.27. The fourth-order valence-corrected chi connectivity index (χ4v) is 2.20. The molecule has 1 heterocycles. The Labute approximate surface area is 117 Å². The van der Waals surface area contributed by atoms with Gasteiger partial charge in [-0.05, 0) is 54.8 Å². The fourth-order valence-electron chi connectivity index (χ4n) is 2.20. The number of nitrogens with one attached hydrogen (secondary N) is 1. The number of hydroxylamine groups is 1. The van der Waals surface area contributed by atoms with E-state index in [9.17, 15) is 4.39 Å². The maximum absolute atomic E-state index is 12.8. The van der Waals surface area contributed by atoms with Crippen LogP contribution in [0.25, 0.3) is 0 Å². The standard InChI is InChI=1S/C16H16FNO2/c17-13-3-7-16(8-4-13)20-15-5-1-12(2-6-15)11-14-9-10-19-18-14/h1-8,14,18H,9-11H2/t14-/m1/s1. The van der Waals surface area contributed by atoms with E-state index in [1.165, 1.54) is 17.7 Å². The second kappa shape index (κ2) is 6.03. The highest BCUT2D eigenvalue weighted by Gasteiger charge is 2.15. The van der Waals surface area contributed by atoms with Gasteiger partial charge >= 0.3 is 0 Å². The van der Waals surface area contributed by atoms with E-state index in [4.69, 9.17) is 9.57 Å². The highest BCUT2D eigenvalue weighted by molar-refractivity contribution is 5.33. The average molecular weight is 273 g/mol. The van der Waals surface area contributed by atoms with Crippen molar-refractivity contribution in [3.63, 3.8) is 0 Å². The Hall–Kier alpha value is -1.91. The molecule has 3 nitrogen and oxygen atoms in total. The van der Waals surface area contributed by atoms with Crippen molar-refractivity contribution in [2.45, 2.75) is 18.9 Å². The van der Waals surface area contributed by atoms with Crippen molar-refractivity contribution >= 4 is 0 Å². The lowest BCUT2D eigenvalue weighted by atomic mass is 10.0. The van der Waals surface area contributed by atoms with Crippen LogP contribution >= 0.6 is 0 Å². The Kier molecular flexibility index (Phi) is 3.95. The van der Waals surface area contributed by atoms with Gasteiger partial charge in [0.25, 0.3) is 0 Å². The minimum atomic E-state index is -0.265. The Bertz CT molecular complexity index is 548. The van der Waals surface area contributed by atoms with Crippen molar-refractivity contribution in [2.75, 3.05) is 6.61 Å². The Morgan fingerprint density at radius 2 is 1.70 bits per heavy atom. The largest absolute Gasteiger partial charge is 0.457 e. The van der Waals surface area contributed by atoms with E-state index in [-0.39, 0.29) is 5.82 Å². The average Bonchev–Trinajstić information content (AvgIpc) is 2.96. The molecule has 1 fully saturated rings. The minimum Gasteiger partial charge on any atom is -0.457 e. The molecule has 104 valence electrons. The number of rotatable bonds is 4. The molecule has 1 saturated heterocycles. The summed E-state index contributed by atoms with van der Waals surface area (Å²) in [7, 11) is 0. The van der Waals surface area contributed by atoms with Gasteiger partial charge in [-0.15, -0.1) is 0 Å². The molecule has 0 aromatic heterocycles. The molecule has 0 unspecified atom stereocenters. The van der Waals surface area contributed by atoms with Gasteiger partial charge in [0, 0.05) is 6.04 Å². The van der Waals surface area contributed by atoms with E-state index in [2.05, 4.69) is 5.48 Å². The molecule has 20 heavy (non-hydrogen) atoms. The number of hydrogen-bond acceptors (Lipinski definition) is 3. The molecule has 0 aliphatic carbocycles. The predicted molar refractivity (Wildman–Crippen MR) is 74.1 cm³/mol. The predicted octanol–water partition coefficient (Wildman–Crippen LogP) is 3.45. The van der Waals surface area contributed by atoms with Crippen LogP contribution in [0.5, 0.6) is 11.5 Å². The highest BCUT2D eigenvalue weighted by atomic mass is 19.1. The van der Waals surface area contributed by atoms with Gasteiger partial charge in [-0.25, -0.2) is 4.39 Å². The van der Waals surface area contributed by atoms with Crippen LogP contribution < -0.4 is 10.2 Å². The molecule has 1 atom stereocenters. The van der Waals surface area contributed by atoms with Crippen molar-refractivity contribution in [3.05, 3.63) is 59.9 Å². The molecule has 2 aromatic rings. The molecule has 0 saturated carbocycles. The molecule has 3 rings (SSSR count). The monoisotopic (exact) mass is 273 g/mol. The van der Waals surface area contributed by atoms with E-state index in [0.717, 1.165) is 25.2 Å². The first-order valence-electron chi connectivity index (χ1n) is 6.69. The molecule has 0 bridgehead atoms. The summed E-state index contributed by atoms with van der Waals surface area (Å²) in [6.07, 6.45) is 1.98. The lowest BCUT2D eigenvalue weighted by molar-refractivity contribution is 0.0883. The maximum Gasteiger partial charge on any atom is 0.127 e. The quantitative estimate of drug-likeness (QED) is 0.925. The third kappa shape index (κ3) is 3.35. The van der Waals surface area contributed by atoms with Crippen LogP contribution in [0.1, 0.15) is 12.0 Å². The van der Waals surface area contributed by atoms with Crippen molar-refractivity contribution in [1.29, 1.82) is 0 Å². The second-order valence-electron chi connectivity index (χ2n) is 4.86. The SMILES string of the molecule is Fc1ccc(Oc2ccc(C[C@H]3CCON3)cc2)cc1. The molecule has 1 aliphatic rings. The lowest BCUT2D eigenvalue weighted by Crippen LogP contribution is -2.22. The van der Waals surface area contributed by atoms with E-state index in [0.29, 0.717) is 11.8 Å². The molecule has 2 aromatic carbocycles. The Morgan fingerprint density at radius 3 is 2.30 bits per heavy atom. The Balaban J connectivity index is 1.62. The minimum absolute atomic E-state index is 0.265. The normalized spacial score (nSPS) is 18.1. The summed E-state index contributed by atoms with van der Waals surface area (Å²) < 4.78 is 18.5. The van der Waals surface area contributed by atoms with E-state index in [1.807, 2.05) is 24.3 Å². The van der Waals surface area contributed by atoms with Crippen LogP contribution in [0.3, 0.4) is 0 Å². The highest BCUT2D eigenvalue weighted by Crippen LogP contribution is 2.22. The van der Waals surface area contributed by atoms with Crippen molar-refractivity contribution in [3.8, 4) is 11.5 Å². The summed E-state index contributed by atoms with van der Waals surface area (Å²) in [5.74, 6) is 1.11. The van der Waals surface area contributed by atoms with Gasteiger partial charge in [0.1, 0.15) is 17.3 Å². The molecule has 4 heteroatoms. The first-order chi connectivity index (χ1) is 9.79.